The van der Waals surface area contributed by atoms with Crippen molar-refractivity contribution in [2.24, 2.45) is 0 Å². The number of carbonyl (C=O) groups is 1. The van der Waals surface area contributed by atoms with Gasteiger partial charge in [0.05, 0.1) is 21.3 Å². The molecule has 0 radical (unpaired) electrons. The fourth-order valence-corrected chi connectivity index (χ4v) is 3.01. The van der Waals surface area contributed by atoms with Crippen molar-refractivity contribution in [3.63, 3.8) is 0 Å². The van der Waals surface area contributed by atoms with Crippen molar-refractivity contribution >= 4 is 27.5 Å². The van der Waals surface area contributed by atoms with E-state index < -0.39 is 5.60 Å². The van der Waals surface area contributed by atoms with Gasteiger partial charge in [0.25, 0.3) is 5.91 Å². The monoisotopic (exact) mass is 262 g/mol. The van der Waals surface area contributed by atoms with Crippen LogP contribution in [0.5, 0.6) is 0 Å². The highest BCUT2D eigenvalue weighted by Gasteiger charge is 2.34. The number of thiazole rings is 1. The lowest BCUT2D eigenvalue weighted by atomic mass is 10.1. The average Bonchev–Trinajstić information content (AvgIpc) is 2.93. The summed E-state index contributed by atoms with van der Waals surface area (Å²) in [4.78, 5) is 18.2. The van der Waals surface area contributed by atoms with Crippen molar-refractivity contribution in [3.8, 4) is 0 Å². The molecule has 1 N–H and O–H groups in total. The third kappa shape index (κ3) is 2.00. The third-order valence-corrected chi connectivity index (χ3v) is 4.11. The molecule has 0 spiro atoms. The minimum atomic E-state index is -0.746. The number of aromatic nitrogens is 1. The predicted molar refractivity (Wildman–Crippen MR) is 70.8 cm³/mol. The second-order valence-corrected chi connectivity index (χ2v) is 5.89. The zero-order valence-electron chi connectivity index (χ0n) is 10.1. The van der Waals surface area contributed by atoms with Crippen molar-refractivity contribution < 1.29 is 9.90 Å². The maximum atomic E-state index is 12.3. The topological polar surface area (TPSA) is 53.4 Å². The minimum Gasteiger partial charge on any atom is -0.388 e. The molecule has 1 amide bonds. The molecule has 2 aromatic rings. The molecule has 0 aliphatic carbocycles. The zero-order chi connectivity index (χ0) is 12.8. The molecule has 2 heterocycles. The van der Waals surface area contributed by atoms with Crippen LogP contribution in [0.1, 0.15) is 23.7 Å². The number of carbonyl (C=O) groups excluding carboxylic acids is 1. The lowest BCUT2D eigenvalue weighted by Crippen LogP contribution is -2.33. The number of fused-ring (bicyclic) bond motifs is 1. The Bertz CT molecular complexity index is 606. The van der Waals surface area contributed by atoms with Gasteiger partial charge in [-0.2, -0.15) is 0 Å². The van der Waals surface area contributed by atoms with Crippen LogP contribution >= 0.6 is 11.3 Å². The first-order valence-corrected chi connectivity index (χ1v) is 6.78. The normalized spacial score (nSPS) is 23.8. The van der Waals surface area contributed by atoms with Gasteiger partial charge in [0.1, 0.15) is 0 Å². The smallest absolute Gasteiger partial charge is 0.254 e. The third-order valence-electron chi connectivity index (χ3n) is 3.32. The largest absolute Gasteiger partial charge is 0.388 e. The summed E-state index contributed by atoms with van der Waals surface area (Å²) in [7, 11) is 0. The molecular weight excluding hydrogens is 248 g/mol. The van der Waals surface area contributed by atoms with Gasteiger partial charge in [0.15, 0.2) is 0 Å². The first-order chi connectivity index (χ1) is 8.55. The lowest BCUT2D eigenvalue weighted by molar-refractivity contribution is 0.0572. The van der Waals surface area contributed by atoms with Crippen LogP contribution in [-0.2, 0) is 0 Å². The van der Waals surface area contributed by atoms with E-state index in [4.69, 9.17) is 0 Å². The molecule has 1 fully saturated rings. The number of β-amino-alcohol motifs (C(OH)–C–C–N with tert-alkyl or cyclic N) is 1. The minimum absolute atomic E-state index is 0.0110. The van der Waals surface area contributed by atoms with Gasteiger partial charge in [-0.05, 0) is 31.5 Å². The van der Waals surface area contributed by atoms with Crippen LogP contribution in [0.3, 0.4) is 0 Å². The standard InChI is InChI=1S/C13H14N2O2S/c1-13(17)4-5-15(7-13)12(16)9-2-3-10-11(6-9)18-8-14-10/h2-3,6,8,17H,4-5,7H2,1H3. The van der Waals surface area contributed by atoms with Crippen molar-refractivity contribution in [2.75, 3.05) is 13.1 Å². The highest BCUT2D eigenvalue weighted by molar-refractivity contribution is 7.16. The molecule has 4 nitrogen and oxygen atoms in total. The summed E-state index contributed by atoms with van der Waals surface area (Å²) < 4.78 is 1.02. The van der Waals surface area contributed by atoms with Gasteiger partial charge in [-0.1, -0.05) is 0 Å². The molecule has 1 aliphatic heterocycles. The number of hydrogen-bond acceptors (Lipinski definition) is 4. The van der Waals surface area contributed by atoms with Crippen LogP contribution in [0, 0.1) is 0 Å². The average molecular weight is 262 g/mol. The summed E-state index contributed by atoms with van der Waals surface area (Å²) in [5.41, 5.74) is 2.62. The maximum absolute atomic E-state index is 12.3. The molecule has 1 unspecified atom stereocenters. The van der Waals surface area contributed by atoms with Crippen LogP contribution in [-0.4, -0.2) is 39.6 Å². The molecule has 1 aliphatic rings. The van der Waals surface area contributed by atoms with E-state index in [2.05, 4.69) is 4.98 Å². The van der Waals surface area contributed by atoms with Crippen LogP contribution in [0.25, 0.3) is 10.2 Å². The molecule has 18 heavy (non-hydrogen) atoms. The Morgan fingerprint density at radius 2 is 2.39 bits per heavy atom. The Balaban J connectivity index is 1.88. The van der Waals surface area contributed by atoms with E-state index in [1.165, 1.54) is 11.3 Å². The molecule has 5 heteroatoms. The van der Waals surface area contributed by atoms with Gasteiger partial charge in [-0.25, -0.2) is 4.98 Å². The number of rotatable bonds is 1. The Hall–Kier alpha value is -1.46. The molecule has 1 aromatic heterocycles. The second-order valence-electron chi connectivity index (χ2n) is 5.01. The Labute approximate surface area is 109 Å². The molecule has 1 aromatic carbocycles. The molecule has 1 saturated heterocycles. The lowest BCUT2D eigenvalue weighted by Gasteiger charge is -2.19. The highest BCUT2D eigenvalue weighted by Crippen LogP contribution is 2.24. The van der Waals surface area contributed by atoms with Crippen molar-refractivity contribution in [1.82, 2.24) is 9.88 Å². The van der Waals surface area contributed by atoms with Crippen LogP contribution in [0.2, 0.25) is 0 Å². The van der Waals surface area contributed by atoms with E-state index in [0.717, 1.165) is 10.2 Å². The van der Waals surface area contributed by atoms with Crippen LogP contribution in [0.15, 0.2) is 23.7 Å². The van der Waals surface area contributed by atoms with Crippen LogP contribution in [0.4, 0.5) is 0 Å². The SMILES string of the molecule is CC1(O)CCN(C(=O)c2ccc3ncsc3c2)C1. The first-order valence-electron chi connectivity index (χ1n) is 5.90. The van der Waals surface area contributed by atoms with E-state index in [9.17, 15) is 9.90 Å². The van der Waals surface area contributed by atoms with Gasteiger partial charge < -0.3 is 10.0 Å². The van der Waals surface area contributed by atoms with Gasteiger partial charge in [-0.3, -0.25) is 4.79 Å². The van der Waals surface area contributed by atoms with Crippen molar-refractivity contribution in [1.29, 1.82) is 0 Å². The molecular formula is C13H14N2O2S. The van der Waals surface area contributed by atoms with E-state index in [-0.39, 0.29) is 5.91 Å². The van der Waals surface area contributed by atoms with Gasteiger partial charge >= 0.3 is 0 Å². The highest BCUT2D eigenvalue weighted by atomic mass is 32.1. The number of hydrogen-bond donors (Lipinski definition) is 1. The summed E-state index contributed by atoms with van der Waals surface area (Å²) in [6.07, 6.45) is 0.640. The fraction of sp³-hybridized carbons (Fsp3) is 0.385. The fourth-order valence-electron chi connectivity index (χ4n) is 2.29. The summed E-state index contributed by atoms with van der Waals surface area (Å²) >= 11 is 1.53. The molecule has 3 rings (SSSR count). The van der Waals surface area contributed by atoms with Gasteiger partial charge in [0.2, 0.25) is 0 Å². The molecule has 1 atom stereocenters. The van der Waals surface area contributed by atoms with E-state index in [1.807, 2.05) is 12.1 Å². The Morgan fingerprint density at radius 1 is 1.56 bits per heavy atom. The Kier molecular flexibility index (Phi) is 2.60. The summed E-state index contributed by atoms with van der Waals surface area (Å²) in [5.74, 6) is -0.0110. The number of benzene rings is 1. The predicted octanol–water partition coefficient (Wildman–Crippen LogP) is 1.89. The van der Waals surface area contributed by atoms with Crippen LogP contribution < -0.4 is 0 Å². The first kappa shape index (κ1) is 11.6. The number of aliphatic hydroxyl groups is 1. The molecule has 0 saturated carbocycles. The quantitative estimate of drug-likeness (QED) is 0.854. The van der Waals surface area contributed by atoms with Crippen molar-refractivity contribution in [2.45, 2.75) is 18.9 Å². The molecule has 0 bridgehead atoms. The maximum Gasteiger partial charge on any atom is 0.254 e. The van der Waals surface area contributed by atoms with E-state index in [1.54, 1.807) is 23.4 Å². The van der Waals surface area contributed by atoms with E-state index >= 15 is 0 Å². The summed E-state index contributed by atoms with van der Waals surface area (Å²) in [6.45, 7) is 2.80. The van der Waals surface area contributed by atoms with Gasteiger partial charge in [0, 0.05) is 18.7 Å². The Morgan fingerprint density at radius 3 is 3.11 bits per heavy atom. The van der Waals surface area contributed by atoms with Crippen molar-refractivity contribution in [3.05, 3.63) is 29.3 Å². The number of nitrogens with zero attached hydrogens (tertiary/aromatic N) is 2. The summed E-state index contributed by atoms with van der Waals surface area (Å²) in [5, 5.41) is 9.90. The zero-order valence-corrected chi connectivity index (χ0v) is 10.9. The second kappa shape index (κ2) is 4.03. The summed E-state index contributed by atoms with van der Waals surface area (Å²) in [6, 6.07) is 5.55. The van der Waals surface area contributed by atoms with Gasteiger partial charge in [-0.15, -0.1) is 11.3 Å². The molecule has 94 valence electrons. The number of amides is 1. The number of likely N-dealkylation sites (tertiary alicyclic amines) is 1. The van der Waals surface area contributed by atoms with E-state index in [0.29, 0.717) is 25.1 Å².